The van der Waals surface area contributed by atoms with Crippen molar-refractivity contribution in [2.45, 2.75) is 17.7 Å². The van der Waals surface area contributed by atoms with E-state index in [4.69, 9.17) is 11.6 Å². The Hall–Kier alpha value is -2.34. The second-order valence-electron chi connectivity index (χ2n) is 7.85. The summed E-state index contributed by atoms with van der Waals surface area (Å²) in [6, 6.07) is 19.3. The van der Waals surface area contributed by atoms with Crippen LogP contribution in [0.5, 0.6) is 0 Å². The lowest BCUT2D eigenvalue weighted by molar-refractivity contribution is 0.300. The van der Waals surface area contributed by atoms with Crippen LogP contribution in [0.15, 0.2) is 71.6 Å². The van der Waals surface area contributed by atoms with Crippen molar-refractivity contribution in [1.82, 2.24) is 4.90 Å². The molecule has 2 aliphatic heterocycles. The first kappa shape index (κ1) is 19.6. The van der Waals surface area contributed by atoms with Crippen LogP contribution < -0.4 is 4.31 Å². The van der Waals surface area contributed by atoms with Gasteiger partial charge in [-0.2, -0.15) is 0 Å². The van der Waals surface area contributed by atoms with Gasteiger partial charge in [-0.15, -0.1) is 0 Å². The van der Waals surface area contributed by atoms with Crippen LogP contribution in [0, 0.1) is 0 Å². The topological polar surface area (TPSA) is 40.6 Å². The number of benzene rings is 3. The number of rotatable bonds is 5. The lowest BCUT2D eigenvalue weighted by atomic mass is 9.99. The predicted octanol–water partition coefficient (Wildman–Crippen LogP) is 5.18. The van der Waals surface area contributed by atoms with Gasteiger partial charge in [0.05, 0.1) is 10.6 Å². The molecule has 0 fully saturated rings. The van der Waals surface area contributed by atoms with Crippen molar-refractivity contribution in [3.8, 4) is 0 Å². The van der Waals surface area contributed by atoms with E-state index >= 15 is 0 Å². The summed E-state index contributed by atoms with van der Waals surface area (Å²) in [5.74, 6) is 0. The first-order valence-electron chi connectivity index (χ1n) is 10.3. The molecule has 30 heavy (non-hydrogen) atoms. The van der Waals surface area contributed by atoms with Crippen molar-refractivity contribution in [1.29, 1.82) is 0 Å². The normalized spacial score (nSPS) is 18.0. The Morgan fingerprint density at radius 3 is 2.43 bits per heavy atom. The highest BCUT2D eigenvalue weighted by Gasteiger charge is 2.35. The molecule has 2 aliphatic rings. The first-order valence-corrected chi connectivity index (χ1v) is 12.1. The molecule has 0 unspecified atom stereocenters. The largest absolute Gasteiger partial charge is 0.299 e. The Morgan fingerprint density at radius 2 is 1.70 bits per heavy atom. The second-order valence-corrected chi connectivity index (χ2v) is 10.1. The number of nitrogens with zero attached hydrogens (tertiary/aromatic N) is 2. The fourth-order valence-electron chi connectivity index (χ4n) is 4.48. The monoisotopic (exact) mass is 438 g/mol. The minimum absolute atomic E-state index is 0.434. The van der Waals surface area contributed by atoms with Gasteiger partial charge >= 0.3 is 0 Å². The predicted molar refractivity (Wildman–Crippen MR) is 124 cm³/mol. The summed E-state index contributed by atoms with van der Waals surface area (Å²) in [7, 11) is -3.46. The third kappa shape index (κ3) is 3.41. The smallest absolute Gasteiger partial charge is 0.265 e. The molecule has 0 aromatic heterocycles. The molecular formula is C24H23ClN2O2S. The van der Waals surface area contributed by atoms with Crippen LogP contribution in [0.3, 0.4) is 0 Å². The minimum atomic E-state index is -3.46. The third-order valence-electron chi connectivity index (χ3n) is 6.03. The molecule has 0 saturated carbocycles. The Bertz CT molecular complexity index is 1230. The molecule has 6 heteroatoms. The summed E-state index contributed by atoms with van der Waals surface area (Å²) in [5.41, 5.74) is 3.40. The number of sulfonamides is 1. The van der Waals surface area contributed by atoms with Gasteiger partial charge in [-0.3, -0.25) is 9.21 Å². The summed E-state index contributed by atoms with van der Waals surface area (Å²) in [4.78, 5) is 2.82. The van der Waals surface area contributed by atoms with Gasteiger partial charge < -0.3 is 0 Å². The van der Waals surface area contributed by atoms with E-state index in [-0.39, 0.29) is 0 Å². The summed E-state index contributed by atoms with van der Waals surface area (Å²) >= 11 is 5.99. The maximum absolute atomic E-state index is 13.1. The van der Waals surface area contributed by atoms with Crippen LogP contribution in [-0.4, -0.2) is 39.5 Å². The molecule has 3 aromatic rings. The molecule has 0 aliphatic carbocycles. The summed E-state index contributed by atoms with van der Waals surface area (Å²) in [6.45, 7) is 3.25. The average Bonchev–Trinajstić information content (AvgIpc) is 2.98. The number of hydrogen-bond donors (Lipinski definition) is 0. The average molecular weight is 439 g/mol. The van der Waals surface area contributed by atoms with Crippen molar-refractivity contribution in [3.05, 3.63) is 77.3 Å². The molecule has 0 N–H and O–H groups in total. The maximum atomic E-state index is 13.1. The highest BCUT2D eigenvalue weighted by Crippen LogP contribution is 2.41. The molecular weight excluding hydrogens is 416 g/mol. The first-order chi connectivity index (χ1) is 14.5. The van der Waals surface area contributed by atoms with E-state index in [1.807, 2.05) is 42.5 Å². The minimum Gasteiger partial charge on any atom is -0.299 e. The molecule has 0 radical (unpaired) electrons. The Kier molecular flexibility index (Phi) is 5.05. The van der Waals surface area contributed by atoms with E-state index in [2.05, 4.69) is 23.1 Å². The van der Waals surface area contributed by atoms with E-state index in [1.165, 1.54) is 11.1 Å². The Balaban J connectivity index is 1.24. The molecule has 0 saturated heterocycles. The van der Waals surface area contributed by atoms with Crippen LogP contribution in [0.25, 0.3) is 16.3 Å². The van der Waals surface area contributed by atoms with Crippen LogP contribution in [0.2, 0.25) is 5.02 Å². The van der Waals surface area contributed by atoms with Crippen molar-refractivity contribution in [3.63, 3.8) is 0 Å². The van der Waals surface area contributed by atoms with E-state index in [9.17, 15) is 8.42 Å². The van der Waals surface area contributed by atoms with Gasteiger partial charge in [-0.1, -0.05) is 54.1 Å². The van der Waals surface area contributed by atoms with Crippen molar-refractivity contribution in [2.75, 3.05) is 30.5 Å². The van der Waals surface area contributed by atoms with Crippen LogP contribution >= 0.6 is 11.6 Å². The molecule has 5 rings (SSSR count). The SMILES string of the molecule is O=S1(=O)c2cccc3cccc(c23)N1CCCN1CC=C(c2ccc(Cl)cc2)CC1. The van der Waals surface area contributed by atoms with Crippen LogP contribution in [0.4, 0.5) is 5.69 Å². The summed E-state index contributed by atoms with van der Waals surface area (Å²) in [5, 5.41) is 2.59. The van der Waals surface area contributed by atoms with Gasteiger partial charge in [0.25, 0.3) is 10.0 Å². The van der Waals surface area contributed by atoms with Gasteiger partial charge in [-0.25, -0.2) is 8.42 Å². The zero-order valence-corrected chi connectivity index (χ0v) is 18.2. The van der Waals surface area contributed by atoms with E-state index < -0.39 is 10.0 Å². The highest BCUT2D eigenvalue weighted by atomic mass is 35.5. The van der Waals surface area contributed by atoms with Gasteiger partial charge in [0.15, 0.2) is 0 Å². The molecule has 2 heterocycles. The van der Waals surface area contributed by atoms with Gasteiger partial charge in [-0.05, 0) is 53.6 Å². The summed E-state index contributed by atoms with van der Waals surface area (Å²) < 4.78 is 27.7. The van der Waals surface area contributed by atoms with E-state index in [1.54, 1.807) is 10.4 Å². The quantitative estimate of drug-likeness (QED) is 0.551. The third-order valence-corrected chi connectivity index (χ3v) is 8.13. The number of halogens is 1. The zero-order valence-electron chi connectivity index (χ0n) is 16.6. The molecule has 0 atom stereocenters. The van der Waals surface area contributed by atoms with E-state index in [0.717, 1.165) is 54.0 Å². The fraction of sp³-hybridized carbons (Fsp3) is 0.250. The lowest BCUT2D eigenvalue weighted by Gasteiger charge is -2.27. The molecule has 3 aromatic carbocycles. The van der Waals surface area contributed by atoms with Gasteiger partial charge in [0, 0.05) is 36.6 Å². The lowest BCUT2D eigenvalue weighted by Crippen LogP contribution is -2.34. The molecule has 154 valence electrons. The zero-order chi connectivity index (χ0) is 20.7. The maximum Gasteiger partial charge on any atom is 0.265 e. The van der Waals surface area contributed by atoms with Crippen molar-refractivity contribution >= 4 is 43.7 Å². The van der Waals surface area contributed by atoms with Gasteiger partial charge in [0.1, 0.15) is 0 Å². The molecule has 4 nitrogen and oxygen atoms in total. The van der Waals surface area contributed by atoms with E-state index in [0.29, 0.717) is 11.4 Å². The second kappa shape index (κ2) is 7.73. The highest BCUT2D eigenvalue weighted by molar-refractivity contribution is 7.93. The number of hydrogen-bond acceptors (Lipinski definition) is 3. The van der Waals surface area contributed by atoms with Crippen LogP contribution in [-0.2, 0) is 10.0 Å². The number of anilines is 1. The Labute approximate surface area is 182 Å². The fourth-order valence-corrected chi connectivity index (χ4v) is 6.35. The molecule has 0 amide bonds. The van der Waals surface area contributed by atoms with Crippen molar-refractivity contribution < 1.29 is 8.42 Å². The molecule has 0 spiro atoms. The van der Waals surface area contributed by atoms with Crippen LogP contribution in [0.1, 0.15) is 18.4 Å². The molecule has 0 bridgehead atoms. The standard InChI is InChI=1S/C24H23ClN2O2S/c25-21-10-8-18(9-11-21)19-12-16-26(17-13-19)14-3-15-27-22-6-1-4-20-5-2-7-23(24(20)22)30(27,28)29/h1-2,4-12H,3,13-17H2. The summed E-state index contributed by atoms with van der Waals surface area (Å²) in [6.07, 6.45) is 4.07. The van der Waals surface area contributed by atoms with Gasteiger partial charge in [0.2, 0.25) is 0 Å². The van der Waals surface area contributed by atoms with Crippen molar-refractivity contribution in [2.24, 2.45) is 0 Å². The Morgan fingerprint density at radius 1 is 0.933 bits per heavy atom.